The average Bonchev–Trinajstić information content (AvgIpc) is 2.24. The summed E-state index contributed by atoms with van der Waals surface area (Å²) in [6.07, 6.45) is -0.552. The van der Waals surface area contributed by atoms with Crippen LogP contribution in [0.5, 0.6) is 0 Å². The predicted molar refractivity (Wildman–Crippen MR) is 82.5 cm³/mol. The molecule has 108 valence electrons. The van der Waals surface area contributed by atoms with E-state index in [0.29, 0.717) is 0 Å². The lowest BCUT2D eigenvalue weighted by Crippen LogP contribution is -2.22. The van der Waals surface area contributed by atoms with Gasteiger partial charge in [0.15, 0.2) is 0 Å². The van der Waals surface area contributed by atoms with Crippen LogP contribution in [0, 0.1) is 0 Å². The number of rotatable bonds is 2. The molecule has 1 N–H and O–H groups in total. The quantitative estimate of drug-likeness (QED) is 0.820. The number of aliphatic hydroxyl groups is 1. The van der Waals surface area contributed by atoms with Crippen LogP contribution in [0.4, 0.5) is 0 Å². The molecule has 0 fully saturated rings. The minimum absolute atomic E-state index is 0.0854. The summed E-state index contributed by atoms with van der Waals surface area (Å²) in [5, 5.41) is 10.3. The fourth-order valence-corrected chi connectivity index (χ4v) is 1.96. The Hall–Kier alpha value is -0.860. The van der Waals surface area contributed by atoms with Gasteiger partial charge in [0, 0.05) is 0 Å². The molecule has 1 rings (SSSR count). The molecule has 0 spiro atoms. The summed E-state index contributed by atoms with van der Waals surface area (Å²) < 4.78 is 0. The van der Waals surface area contributed by atoms with E-state index >= 15 is 0 Å². The van der Waals surface area contributed by atoms with Gasteiger partial charge in [-0.2, -0.15) is 0 Å². The third-order valence-electron chi connectivity index (χ3n) is 3.47. The first-order chi connectivity index (χ1) is 8.43. The molecule has 0 aliphatic carbocycles. The van der Waals surface area contributed by atoms with Crippen LogP contribution in [0.25, 0.3) is 0 Å². The third-order valence-corrected chi connectivity index (χ3v) is 3.47. The lowest BCUT2D eigenvalue weighted by Gasteiger charge is -2.28. The highest BCUT2D eigenvalue weighted by Gasteiger charge is 2.22. The molecule has 0 aliphatic rings. The Morgan fingerprint density at radius 1 is 0.842 bits per heavy atom. The van der Waals surface area contributed by atoms with E-state index in [0.717, 1.165) is 5.56 Å². The van der Waals surface area contributed by atoms with Crippen LogP contribution in [-0.4, -0.2) is 24.1 Å². The van der Waals surface area contributed by atoms with E-state index in [9.17, 15) is 5.11 Å². The van der Waals surface area contributed by atoms with Crippen LogP contribution in [0.1, 0.15) is 64.5 Å². The summed E-state index contributed by atoms with van der Waals surface area (Å²) in [6, 6.07) is 6.52. The zero-order valence-corrected chi connectivity index (χ0v) is 13.7. The van der Waals surface area contributed by atoms with Crippen molar-refractivity contribution in [3.8, 4) is 0 Å². The highest BCUT2D eigenvalue weighted by atomic mass is 16.3. The SMILES string of the molecule is CN(C)C(O)c1cc(C(C)(C)C)cc(C(C)(C)C)c1. The second kappa shape index (κ2) is 5.26. The van der Waals surface area contributed by atoms with Crippen molar-refractivity contribution < 1.29 is 5.11 Å². The number of aliphatic hydroxyl groups excluding tert-OH is 1. The molecule has 0 saturated carbocycles. The van der Waals surface area contributed by atoms with Crippen molar-refractivity contribution in [1.82, 2.24) is 4.90 Å². The topological polar surface area (TPSA) is 23.5 Å². The molecule has 0 amide bonds. The molecule has 2 nitrogen and oxygen atoms in total. The summed E-state index contributed by atoms with van der Waals surface area (Å²) in [5.74, 6) is 0. The average molecular weight is 263 g/mol. The van der Waals surface area contributed by atoms with Crippen molar-refractivity contribution in [3.05, 3.63) is 34.9 Å². The third kappa shape index (κ3) is 4.05. The first-order valence-corrected chi connectivity index (χ1v) is 6.93. The van der Waals surface area contributed by atoms with Crippen molar-refractivity contribution in [3.63, 3.8) is 0 Å². The summed E-state index contributed by atoms with van der Waals surface area (Å²) in [7, 11) is 3.79. The summed E-state index contributed by atoms with van der Waals surface area (Å²) in [5.41, 5.74) is 3.69. The van der Waals surface area contributed by atoms with E-state index in [2.05, 4.69) is 59.7 Å². The lowest BCUT2D eigenvalue weighted by molar-refractivity contribution is 0.0393. The second-order valence-electron chi connectivity index (χ2n) is 7.68. The van der Waals surface area contributed by atoms with Gasteiger partial charge >= 0.3 is 0 Å². The zero-order chi connectivity index (χ0) is 15.0. The molecular formula is C17H29NO. The summed E-state index contributed by atoms with van der Waals surface area (Å²) in [4.78, 5) is 1.83. The molecule has 0 bridgehead atoms. The standard InChI is InChI=1S/C17H29NO/c1-16(2,3)13-9-12(15(19)18(7)8)10-14(11-13)17(4,5)6/h9-11,15,19H,1-8H3. The van der Waals surface area contributed by atoms with Crippen molar-refractivity contribution >= 4 is 0 Å². The van der Waals surface area contributed by atoms with Crippen molar-refractivity contribution in [2.75, 3.05) is 14.1 Å². The number of hydrogen-bond acceptors (Lipinski definition) is 2. The van der Waals surface area contributed by atoms with E-state index in [1.54, 1.807) is 0 Å². The fourth-order valence-electron chi connectivity index (χ4n) is 1.96. The van der Waals surface area contributed by atoms with E-state index in [-0.39, 0.29) is 10.8 Å². The molecule has 1 aromatic carbocycles. The van der Waals surface area contributed by atoms with E-state index in [1.165, 1.54) is 11.1 Å². The Labute approximate surface area is 118 Å². The van der Waals surface area contributed by atoms with Gasteiger partial charge in [0.1, 0.15) is 6.23 Å². The van der Waals surface area contributed by atoms with Gasteiger partial charge in [-0.3, -0.25) is 4.90 Å². The summed E-state index contributed by atoms with van der Waals surface area (Å²) >= 11 is 0. The Bertz CT molecular complexity index is 403. The highest BCUT2D eigenvalue weighted by molar-refractivity contribution is 5.38. The van der Waals surface area contributed by atoms with Crippen molar-refractivity contribution in [2.45, 2.75) is 58.6 Å². The predicted octanol–water partition coefficient (Wildman–Crippen LogP) is 3.83. The normalized spacial score (nSPS) is 14.8. The molecule has 1 aromatic rings. The van der Waals surface area contributed by atoms with Crippen LogP contribution in [0.15, 0.2) is 18.2 Å². The lowest BCUT2D eigenvalue weighted by atomic mass is 9.79. The Balaban J connectivity index is 3.41. The molecule has 0 saturated heterocycles. The highest BCUT2D eigenvalue weighted by Crippen LogP contribution is 2.32. The molecule has 1 unspecified atom stereocenters. The Kier molecular flexibility index (Phi) is 4.48. The second-order valence-corrected chi connectivity index (χ2v) is 7.68. The van der Waals surface area contributed by atoms with Gasteiger partial charge in [-0.25, -0.2) is 0 Å². The van der Waals surface area contributed by atoms with E-state index in [4.69, 9.17) is 0 Å². The maximum atomic E-state index is 10.3. The molecule has 0 aliphatic heterocycles. The van der Waals surface area contributed by atoms with Crippen LogP contribution < -0.4 is 0 Å². The Morgan fingerprint density at radius 3 is 1.47 bits per heavy atom. The molecule has 0 aromatic heterocycles. The molecular weight excluding hydrogens is 234 g/mol. The monoisotopic (exact) mass is 263 g/mol. The summed E-state index contributed by atoms with van der Waals surface area (Å²) in [6.45, 7) is 13.3. The first kappa shape index (κ1) is 16.2. The zero-order valence-electron chi connectivity index (χ0n) is 13.7. The maximum Gasteiger partial charge on any atom is 0.133 e. The van der Waals surface area contributed by atoms with Crippen LogP contribution >= 0.6 is 0 Å². The maximum absolute atomic E-state index is 10.3. The molecule has 2 heteroatoms. The first-order valence-electron chi connectivity index (χ1n) is 6.93. The molecule has 0 radical (unpaired) electrons. The van der Waals surface area contributed by atoms with E-state index < -0.39 is 6.23 Å². The van der Waals surface area contributed by atoms with Crippen LogP contribution in [0.2, 0.25) is 0 Å². The minimum atomic E-state index is -0.552. The van der Waals surface area contributed by atoms with Crippen LogP contribution in [0.3, 0.4) is 0 Å². The van der Waals surface area contributed by atoms with Gasteiger partial charge in [-0.1, -0.05) is 59.7 Å². The van der Waals surface area contributed by atoms with Crippen LogP contribution in [-0.2, 0) is 10.8 Å². The van der Waals surface area contributed by atoms with Gasteiger partial charge in [-0.05, 0) is 41.6 Å². The number of hydrogen-bond donors (Lipinski definition) is 1. The minimum Gasteiger partial charge on any atom is -0.374 e. The van der Waals surface area contributed by atoms with Gasteiger partial charge in [-0.15, -0.1) is 0 Å². The number of nitrogens with zero attached hydrogens (tertiary/aromatic N) is 1. The van der Waals surface area contributed by atoms with Gasteiger partial charge in [0.05, 0.1) is 0 Å². The Morgan fingerprint density at radius 2 is 1.21 bits per heavy atom. The fraction of sp³-hybridized carbons (Fsp3) is 0.647. The molecule has 0 heterocycles. The van der Waals surface area contributed by atoms with Gasteiger partial charge < -0.3 is 5.11 Å². The van der Waals surface area contributed by atoms with Crippen molar-refractivity contribution in [1.29, 1.82) is 0 Å². The smallest absolute Gasteiger partial charge is 0.133 e. The van der Waals surface area contributed by atoms with Gasteiger partial charge in [0.2, 0.25) is 0 Å². The molecule has 19 heavy (non-hydrogen) atoms. The largest absolute Gasteiger partial charge is 0.374 e. The van der Waals surface area contributed by atoms with Crippen molar-refractivity contribution in [2.24, 2.45) is 0 Å². The van der Waals surface area contributed by atoms with E-state index in [1.807, 2.05) is 19.0 Å². The van der Waals surface area contributed by atoms with Gasteiger partial charge in [0.25, 0.3) is 0 Å². The molecule has 1 atom stereocenters. The number of benzene rings is 1.